The molecule has 1 unspecified atom stereocenters. The number of rotatable bonds is 5. The van der Waals surface area contributed by atoms with Crippen molar-refractivity contribution < 1.29 is 13.9 Å². The van der Waals surface area contributed by atoms with E-state index in [1.54, 1.807) is 7.11 Å². The monoisotopic (exact) mass is 346 g/mol. The van der Waals surface area contributed by atoms with Gasteiger partial charge >= 0.3 is 0 Å². The van der Waals surface area contributed by atoms with Crippen LogP contribution in [0.5, 0.6) is 5.75 Å². The normalized spacial score (nSPS) is 17.0. The van der Waals surface area contributed by atoms with Crippen molar-refractivity contribution in [3.05, 3.63) is 29.5 Å². The van der Waals surface area contributed by atoms with E-state index in [1.165, 1.54) is 0 Å². The van der Waals surface area contributed by atoms with Crippen LogP contribution in [0.3, 0.4) is 0 Å². The number of amides is 1. The lowest BCUT2D eigenvalue weighted by atomic mass is 9.83. The lowest BCUT2D eigenvalue weighted by molar-refractivity contribution is -0.133. The predicted octanol–water partition coefficient (Wildman–Crippen LogP) is 3.91. The Kier molecular flexibility index (Phi) is 5.02. The van der Waals surface area contributed by atoms with E-state index in [1.807, 2.05) is 48.6 Å². The zero-order valence-electron chi connectivity index (χ0n) is 15.5. The molecule has 5 heteroatoms. The summed E-state index contributed by atoms with van der Waals surface area (Å²) < 4.78 is 20.8. The number of nitrogens with zero attached hydrogens (tertiary/aromatic N) is 2. The molecule has 0 N–H and O–H groups in total. The van der Waals surface area contributed by atoms with Crippen molar-refractivity contribution in [2.75, 3.05) is 20.8 Å². The summed E-state index contributed by atoms with van der Waals surface area (Å²) in [7, 11) is 3.51. The standard InChI is InChI=1S/C20H27FN2O2/c1-13(2)22(3)20(24)14-7-5-8-15-18(14)19-16(23(15)12-11-21)9-6-10-17(19)25-4/h6,9-10,13-14H,5,7-8,11-12H2,1-4H3. The number of hydrogen-bond acceptors (Lipinski definition) is 2. The Morgan fingerprint density at radius 3 is 2.84 bits per heavy atom. The molecule has 0 fully saturated rings. The summed E-state index contributed by atoms with van der Waals surface area (Å²) in [5.74, 6) is 0.718. The molecule has 1 aromatic heterocycles. The number of benzene rings is 1. The molecular weight excluding hydrogens is 319 g/mol. The minimum Gasteiger partial charge on any atom is -0.496 e. The zero-order chi connectivity index (χ0) is 18.1. The average molecular weight is 346 g/mol. The Hall–Kier alpha value is -2.04. The van der Waals surface area contributed by atoms with E-state index in [-0.39, 0.29) is 17.9 Å². The maximum Gasteiger partial charge on any atom is 0.230 e. The number of carbonyl (C=O) groups is 1. The fraction of sp³-hybridized carbons (Fsp3) is 0.550. The number of aromatic nitrogens is 1. The predicted molar refractivity (Wildman–Crippen MR) is 98.1 cm³/mol. The highest BCUT2D eigenvalue weighted by Crippen LogP contribution is 2.43. The van der Waals surface area contributed by atoms with Crippen molar-refractivity contribution in [1.29, 1.82) is 0 Å². The quantitative estimate of drug-likeness (QED) is 0.823. The zero-order valence-corrected chi connectivity index (χ0v) is 15.5. The SMILES string of the molecule is COc1cccc2c1c1c(n2CCF)CCCC1C(=O)N(C)C(C)C. The number of likely N-dealkylation sites (N-methyl/N-ethyl adjacent to an activating group) is 1. The number of hydrogen-bond donors (Lipinski definition) is 0. The summed E-state index contributed by atoms with van der Waals surface area (Å²) in [6.45, 7) is 3.95. The number of aryl methyl sites for hydroxylation is 1. The van der Waals surface area contributed by atoms with Gasteiger partial charge in [0.05, 0.1) is 25.1 Å². The first kappa shape index (κ1) is 17.8. The van der Waals surface area contributed by atoms with Gasteiger partial charge in [-0.15, -0.1) is 0 Å². The molecule has 0 saturated heterocycles. The third-order valence-electron chi connectivity index (χ3n) is 5.40. The molecule has 3 rings (SSSR count). The molecule has 1 atom stereocenters. The number of ether oxygens (including phenoxy) is 1. The molecule has 1 amide bonds. The third kappa shape index (κ3) is 2.90. The van der Waals surface area contributed by atoms with Crippen LogP contribution in [0.4, 0.5) is 4.39 Å². The number of alkyl halides is 1. The van der Waals surface area contributed by atoms with E-state index in [4.69, 9.17) is 4.74 Å². The maximum absolute atomic E-state index is 13.2. The highest BCUT2D eigenvalue weighted by Gasteiger charge is 2.35. The Morgan fingerprint density at radius 2 is 2.20 bits per heavy atom. The number of methoxy groups -OCH3 is 1. The van der Waals surface area contributed by atoms with Crippen LogP contribution in [0.15, 0.2) is 18.2 Å². The van der Waals surface area contributed by atoms with Crippen LogP contribution in [0.1, 0.15) is 43.9 Å². The van der Waals surface area contributed by atoms with Crippen molar-refractivity contribution in [2.24, 2.45) is 0 Å². The Labute approximate surface area is 148 Å². The molecule has 1 heterocycles. The first-order valence-electron chi connectivity index (χ1n) is 9.01. The van der Waals surface area contributed by atoms with Gasteiger partial charge in [0.2, 0.25) is 5.91 Å². The van der Waals surface area contributed by atoms with Gasteiger partial charge in [0, 0.05) is 24.2 Å². The molecule has 0 radical (unpaired) electrons. The summed E-state index contributed by atoms with van der Waals surface area (Å²) in [4.78, 5) is 14.9. The van der Waals surface area contributed by atoms with Gasteiger partial charge in [-0.2, -0.15) is 0 Å². The Morgan fingerprint density at radius 1 is 1.44 bits per heavy atom. The second-order valence-corrected chi connectivity index (χ2v) is 7.04. The van der Waals surface area contributed by atoms with Crippen LogP contribution in [0.25, 0.3) is 10.9 Å². The third-order valence-corrected chi connectivity index (χ3v) is 5.40. The average Bonchev–Trinajstić information content (AvgIpc) is 2.95. The van der Waals surface area contributed by atoms with E-state index < -0.39 is 6.67 Å². The van der Waals surface area contributed by atoms with Crippen molar-refractivity contribution >= 4 is 16.8 Å². The number of halogens is 1. The lowest BCUT2D eigenvalue weighted by Crippen LogP contribution is -2.37. The van der Waals surface area contributed by atoms with Gasteiger partial charge in [0.25, 0.3) is 0 Å². The Bertz CT molecular complexity index is 782. The number of carbonyl (C=O) groups excluding carboxylic acids is 1. The van der Waals surface area contributed by atoms with Gasteiger partial charge in [0.1, 0.15) is 12.4 Å². The molecule has 25 heavy (non-hydrogen) atoms. The molecule has 136 valence electrons. The molecule has 0 saturated carbocycles. The fourth-order valence-electron chi connectivity index (χ4n) is 3.97. The second-order valence-electron chi connectivity index (χ2n) is 7.04. The summed E-state index contributed by atoms with van der Waals surface area (Å²) in [5, 5.41) is 0.976. The molecule has 1 aliphatic carbocycles. The topological polar surface area (TPSA) is 34.5 Å². The van der Waals surface area contributed by atoms with Gasteiger partial charge in [-0.3, -0.25) is 4.79 Å². The molecule has 4 nitrogen and oxygen atoms in total. The first-order chi connectivity index (χ1) is 12.0. The molecule has 0 spiro atoms. The highest BCUT2D eigenvalue weighted by atomic mass is 19.1. The maximum atomic E-state index is 13.2. The van der Waals surface area contributed by atoms with Gasteiger partial charge in [0.15, 0.2) is 0 Å². The van der Waals surface area contributed by atoms with E-state index in [9.17, 15) is 9.18 Å². The summed E-state index contributed by atoms with van der Waals surface area (Å²) in [5.41, 5.74) is 3.11. The molecule has 1 aromatic carbocycles. The molecule has 0 aliphatic heterocycles. The van der Waals surface area contributed by atoms with Crippen molar-refractivity contribution in [3.63, 3.8) is 0 Å². The lowest BCUT2D eigenvalue weighted by Gasteiger charge is -2.30. The van der Waals surface area contributed by atoms with Gasteiger partial charge in [-0.1, -0.05) is 6.07 Å². The van der Waals surface area contributed by atoms with Crippen LogP contribution in [0, 0.1) is 0 Å². The van der Waals surface area contributed by atoms with Gasteiger partial charge in [-0.05, 0) is 50.8 Å². The number of fused-ring (bicyclic) bond motifs is 3. The van der Waals surface area contributed by atoms with E-state index in [0.717, 1.165) is 47.2 Å². The summed E-state index contributed by atoms with van der Waals surface area (Å²) >= 11 is 0. The molecule has 2 aromatic rings. The molecule has 0 bridgehead atoms. The largest absolute Gasteiger partial charge is 0.496 e. The molecule has 1 aliphatic rings. The smallest absolute Gasteiger partial charge is 0.230 e. The van der Waals surface area contributed by atoms with Gasteiger partial charge < -0.3 is 14.2 Å². The van der Waals surface area contributed by atoms with E-state index >= 15 is 0 Å². The summed E-state index contributed by atoms with van der Waals surface area (Å²) in [6, 6.07) is 6.00. The van der Waals surface area contributed by atoms with Crippen molar-refractivity contribution in [1.82, 2.24) is 9.47 Å². The van der Waals surface area contributed by atoms with Crippen LogP contribution in [-0.4, -0.2) is 42.2 Å². The minimum atomic E-state index is -0.419. The first-order valence-corrected chi connectivity index (χ1v) is 9.01. The molecular formula is C20H27FN2O2. The Balaban J connectivity index is 2.23. The van der Waals surface area contributed by atoms with Gasteiger partial charge in [-0.25, -0.2) is 4.39 Å². The van der Waals surface area contributed by atoms with Crippen LogP contribution < -0.4 is 4.74 Å². The minimum absolute atomic E-state index is 0.140. The highest BCUT2D eigenvalue weighted by molar-refractivity contribution is 5.97. The second kappa shape index (κ2) is 7.06. The van der Waals surface area contributed by atoms with Crippen LogP contribution >= 0.6 is 0 Å². The summed E-state index contributed by atoms with van der Waals surface area (Å²) in [6.07, 6.45) is 2.65. The van der Waals surface area contributed by atoms with Crippen molar-refractivity contribution in [2.45, 2.75) is 51.6 Å². The van der Waals surface area contributed by atoms with E-state index in [2.05, 4.69) is 0 Å². The van der Waals surface area contributed by atoms with Crippen LogP contribution in [-0.2, 0) is 17.8 Å². The van der Waals surface area contributed by atoms with Crippen molar-refractivity contribution in [3.8, 4) is 5.75 Å². The van der Waals surface area contributed by atoms with Crippen LogP contribution in [0.2, 0.25) is 0 Å². The fourth-order valence-corrected chi connectivity index (χ4v) is 3.97. The van der Waals surface area contributed by atoms with E-state index in [0.29, 0.717) is 6.54 Å².